The summed E-state index contributed by atoms with van der Waals surface area (Å²) in [4.78, 5) is 0. The van der Waals surface area contributed by atoms with Gasteiger partial charge in [0.1, 0.15) is 0 Å². The summed E-state index contributed by atoms with van der Waals surface area (Å²) in [5.74, 6) is 1.54. The Morgan fingerprint density at radius 2 is 1.89 bits per heavy atom. The number of hydrogen-bond acceptors (Lipinski definition) is 1. The van der Waals surface area contributed by atoms with E-state index >= 15 is 0 Å². The monoisotopic (exact) mass is 247 g/mol. The molecule has 0 saturated heterocycles. The van der Waals surface area contributed by atoms with Crippen LogP contribution >= 0.6 is 0 Å². The largest absolute Gasteiger partial charge is 0.316 e. The Kier molecular flexibility index (Phi) is 7.04. The fourth-order valence-corrected chi connectivity index (χ4v) is 2.39. The molecule has 1 heteroatoms. The summed E-state index contributed by atoms with van der Waals surface area (Å²) in [5.41, 5.74) is 2.95. The molecule has 0 aromatic heterocycles. The predicted octanol–water partition coefficient (Wildman–Crippen LogP) is 4.20. The Morgan fingerprint density at radius 3 is 2.50 bits per heavy atom. The number of benzene rings is 1. The number of nitrogens with one attached hydrogen (secondary N) is 1. The zero-order valence-electron chi connectivity index (χ0n) is 12.5. The van der Waals surface area contributed by atoms with Crippen LogP contribution in [0.25, 0.3) is 0 Å². The van der Waals surface area contributed by atoms with Crippen LogP contribution < -0.4 is 5.32 Å². The van der Waals surface area contributed by atoms with Gasteiger partial charge in [-0.1, -0.05) is 51.5 Å². The van der Waals surface area contributed by atoms with Crippen molar-refractivity contribution in [2.45, 2.75) is 47.0 Å². The lowest BCUT2D eigenvalue weighted by molar-refractivity contribution is 0.329. The van der Waals surface area contributed by atoms with E-state index < -0.39 is 0 Å². The third-order valence-corrected chi connectivity index (χ3v) is 4.03. The molecule has 0 radical (unpaired) electrons. The molecular formula is C17H29N. The van der Waals surface area contributed by atoms with Crippen molar-refractivity contribution in [2.24, 2.45) is 11.8 Å². The van der Waals surface area contributed by atoms with E-state index in [1.807, 2.05) is 0 Å². The Labute approximate surface area is 113 Å². The summed E-state index contributed by atoms with van der Waals surface area (Å²) in [6.45, 7) is 11.4. The van der Waals surface area contributed by atoms with Crippen LogP contribution in [-0.4, -0.2) is 13.1 Å². The molecule has 1 rings (SSSR count). The van der Waals surface area contributed by atoms with Gasteiger partial charge in [0.05, 0.1) is 0 Å². The van der Waals surface area contributed by atoms with Gasteiger partial charge in [0, 0.05) is 0 Å². The summed E-state index contributed by atoms with van der Waals surface area (Å²) in [6.07, 6.45) is 3.69. The molecule has 0 aliphatic heterocycles. The predicted molar refractivity (Wildman–Crippen MR) is 81.0 cm³/mol. The molecule has 0 amide bonds. The van der Waals surface area contributed by atoms with E-state index in [2.05, 4.69) is 57.3 Å². The van der Waals surface area contributed by atoms with Crippen LogP contribution in [0, 0.1) is 18.8 Å². The summed E-state index contributed by atoms with van der Waals surface area (Å²) in [7, 11) is 0. The molecule has 1 N–H and O–H groups in total. The second kappa shape index (κ2) is 8.31. The van der Waals surface area contributed by atoms with E-state index in [9.17, 15) is 0 Å². The average molecular weight is 247 g/mol. The van der Waals surface area contributed by atoms with Gasteiger partial charge in [-0.3, -0.25) is 0 Å². The van der Waals surface area contributed by atoms with Crippen molar-refractivity contribution in [1.29, 1.82) is 0 Å². The van der Waals surface area contributed by atoms with Crippen molar-refractivity contribution in [1.82, 2.24) is 5.32 Å². The zero-order chi connectivity index (χ0) is 13.4. The fraction of sp³-hybridized carbons (Fsp3) is 0.647. The van der Waals surface area contributed by atoms with Gasteiger partial charge < -0.3 is 5.32 Å². The first-order chi connectivity index (χ1) is 8.69. The maximum Gasteiger partial charge on any atom is -0.00148 e. The third-order valence-electron chi connectivity index (χ3n) is 4.03. The quantitative estimate of drug-likeness (QED) is 0.679. The number of rotatable bonds is 8. The maximum atomic E-state index is 3.59. The molecule has 1 aromatic carbocycles. The molecule has 2 unspecified atom stereocenters. The first-order valence-electron chi connectivity index (χ1n) is 7.44. The van der Waals surface area contributed by atoms with Crippen LogP contribution in [0.5, 0.6) is 0 Å². The van der Waals surface area contributed by atoms with Crippen LogP contribution in [0.4, 0.5) is 0 Å². The molecule has 2 atom stereocenters. The minimum atomic E-state index is 0.752. The number of hydrogen-bond donors (Lipinski definition) is 1. The number of aryl methyl sites for hydroxylation is 1. The normalized spacial score (nSPS) is 14.4. The highest BCUT2D eigenvalue weighted by atomic mass is 14.9. The molecule has 0 aliphatic carbocycles. The topological polar surface area (TPSA) is 12.0 Å². The molecule has 1 aromatic rings. The first-order valence-corrected chi connectivity index (χ1v) is 7.44. The van der Waals surface area contributed by atoms with Crippen LogP contribution in [0.2, 0.25) is 0 Å². The van der Waals surface area contributed by atoms with Gasteiger partial charge in [0.25, 0.3) is 0 Å². The summed E-state index contributed by atoms with van der Waals surface area (Å²) < 4.78 is 0. The van der Waals surface area contributed by atoms with Crippen molar-refractivity contribution in [3.8, 4) is 0 Å². The van der Waals surface area contributed by atoms with Gasteiger partial charge in [-0.2, -0.15) is 0 Å². The standard InChI is InChI=1S/C17H29N/c1-5-11-18-13-17(14(3)6-2)12-16-10-8-7-9-15(16)4/h7-10,14,17-18H,5-6,11-13H2,1-4H3. The first kappa shape index (κ1) is 15.2. The van der Waals surface area contributed by atoms with E-state index in [0.717, 1.165) is 24.9 Å². The van der Waals surface area contributed by atoms with Crippen molar-refractivity contribution >= 4 is 0 Å². The van der Waals surface area contributed by atoms with Gasteiger partial charge in [-0.25, -0.2) is 0 Å². The average Bonchev–Trinajstić information content (AvgIpc) is 2.39. The Balaban J connectivity index is 2.63. The molecule has 0 saturated carbocycles. The molecule has 0 heterocycles. The fourth-order valence-electron chi connectivity index (χ4n) is 2.39. The summed E-state index contributed by atoms with van der Waals surface area (Å²) in [6, 6.07) is 8.80. The lowest BCUT2D eigenvalue weighted by atomic mass is 9.85. The van der Waals surface area contributed by atoms with E-state index in [4.69, 9.17) is 0 Å². The van der Waals surface area contributed by atoms with Gasteiger partial charge >= 0.3 is 0 Å². The maximum absolute atomic E-state index is 3.59. The lowest BCUT2D eigenvalue weighted by Crippen LogP contribution is -2.29. The summed E-state index contributed by atoms with van der Waals surface area (Å²) >= 11 is 0. The molecule has 18 heavy (non-hydrogen) atoms. The molecule has 0 bridgehead atoms. The van der Waals surface area contributed by atoms with Crippen LogP contribution in [0.3, 0.4) is 0 Å². The van der Waals surface area contributed by atoms with Crippen LogP contribution in [0.15, 0.2) is 24.3 Å². The Hall–Kier alpha value is -0.820. The SMILES string of the molecule is CCCNCC(Cc1ccccc1C)C(C)CC. The molecular weight excluding hydrogens is 218 g/mol. The van der Waals surface area contributed by atoms with Crippen molar-refractivity contribution < 1.29 is 0 Å². The van der Waals surface area contributed by atoms with Gasteiger partial charge in [0.15, 0.2) is 0 Å². The minimum Gasteiger partial charge on any atom is -0.316 e. The second-order valence-electron chi connectivity index (χ2n) is 5.48. The molecule has 0 aliphatic rings. The third kappa shape index (κ3) is 4.81. The van der Waals surface area contributed by atoms with Gasteiger partial charge in [0.2, 0.25) is 0 Å². The second-order valence-corrected chi connectivity index (χ2v) is 5.48. The van der Waals surface area contributed by atoms with Crippen molar-refractivity contribution in [3.63, 3.8) is 0 Å². The highest BCUT2D eigenvalue weighted by Gasteiger charge is 2.16. The van der Waals surface area contributed by atoms with Gasteiger partial charge in [-0.15, -0.1) is 0 Å². The van der Waals surface area contributed by atoms with Gasteiger partial charge in [-0.05, 0) is 55.8 Å². The minimum absolute atomic E-state index is 0.752. The van der Waals surface area contributed by atoms with Crippen molar-refractivity contribution in [3.05, 3.63) is 35.4 Å². The summed E-state index contributed by atoms with van der Waals surface area (Å²) in [5, 5.41) is 3.59. The van der Waals surface area contributed by atoms with E-state index in [1.165, 1.54) is 30.4 Å². The Morgan fingerprint density at radius 1 is 1.17 bits per heavy atom. The van der Waals surface area contributed by atoms with Crippen LogP contribution in [-0.2, 0) is 6.42 Å². The lowest BCUT2D eigenvalue weighted by Gasteiger charge is -2.24. The molecule has 102 valence electrons. The Bertz CT molecular complexity index is 332. The van der Waals surface area contributed by atoms with Crippen molar-refractivity contribution in [2.75, 3.05) is 13.1 Å². The molecule has 0 spiro atoms. The molecule has 1 nitrogen and oxygen atoms in total. The van der Waals surface area contributed by atoms with E-state index in [0.29, 0.717) is 0 Å². The smallest absolute Gasteiger partial charge is 0.00148 e. The van der Waals surface area contributed by atoms with E-state index in [1.54, 1.807) is 0 Å². The highest BCUT2D eigenvalue weighted by Crippen LogP contribution is 2.21. The van der Waals surface area contributed by atoms with E-state index in [-0.39, 0.29) is 0 Å². The zero-order valence-corrected chi connectivity index (χ0v) is 12.5. The molecule has 0 fully saturated rings. The highest BCUT2D eigenvalue weighted by molar-refractivity contribution is 5.26. The van der Waals surface area contributed by atoms with Crippen LogP contribution in [0.1, 0.15) is 44.7 Å².